The van der Waals surface area contributed by atoms with Crippen LogP contribution in [0.4, 0.5) is 0 Å². The second kappa shape index (κ2) is 14.2. The van der Waals surface area contributed by atoms with E-state index >= 15 is 0 Å². The molecule has 3 aromatic carbocycles. The first kappa shape index (κ1) is 30.8. The van der Waals surface area contributed by atoms with Gasteiger partial charge in [-0.05, 0) is 46.4 Å². The maximum Gasteiger partial charge on any atom is 0.303 e. The molecule has 9 nitrogen and oxygen atoms in total. The number of rotatable bonds is 11. The minimum atomic E-state index is -0.996. The predicted octanol–water partition coefficient (Wildman–Crippen LogP) is 4.18. The predicted molar refractivity (Wildman–Crippen MR) is 161 cm³/mol. The number of nitrogens with one attached hydrogen (secondary N) is 1. The van der Waals surface area contributed by atoms with Crippen molar-refractivity contribution in [2.24, 2.45) is 5.92 Å². The van der Waals surface area contributed by atoms with E-state index in [0.717, 1.165) is 46.3 Å². The summed E-state index contributed by atoms with van der Waals surface area (Å²) in [4.78, 5) is 25.0. The molecular formula is C34H40N2O7. The van der Waals surface area contributed by atoms with Crippen LogP contribution in [0.2, 0.25) is 0 Å². The van der Waals surface area contributed by atoms with Crippen molar-refractivity contribution >= 4 is 11.9 Å². The van der Waals surface area contributed by atoms with Crippen molar-refractivity contribution in [3.63, 3.8) is 0 Å². The van der Waals surface area contributed by atoms with E-state index in [9.17, 15) is 19.8 Å². The molecule has 0 saturated carbocycles. The van der Waals surface area contributed by atoms with Gasteiger partial charge in [-0.25, -0.2) is 0 Å². The Labute approximate surface area is 252 Å². The molecule has 9 heteroatoms. The first-order valence-electron chi connectivity index (χ1n) is 14.9. The summed E-state index contributed by atoms with van der Waals surface area (Å²) in [6, 6.07) is 23.8. The number of carboxylic acids is 1. The van der Waals surface area contributed by atoms with Crippen molar-refractivity contribution in [1.82, 2.24) is 10.2 Å². The second-order valence-corrected chi connectivity index (χ2v) is 11.5. The lowest BCUT2D eigenvalue weighted by atomic mass is 9.90. The van der Waals surface area contributed by atoms with Crippen LogP contribution in [0.5, 0.6) is 0 Å². The minimum Gasteiger partial charge on any atom is -0.481 e. The van der Waals surface area contributed by atoms with Gasteiger partial charge in [-0.3, -0.25) is 14.5 Å². The third kappa shape index (κ3) is 8.07. The van der Waals surface area contributed by atoms with Crippen LogP contribution < -0.4 is 5.32 Å². The summed E-state index contributed by atoms with van der Waals surface area (Å²) in [5.74, 6) is -1.24. The van der Waals surface area contributed by atoms with E-state index in [4.69, 9.17) is 14.6 Å². The van der Waals surface area contributed by atoms with Crippen LogP contribution in [0.1, 0.15) is 60.8 Å². The number of hydrogen-bond acceptors (Lipinski definition) is 7. The normalized spacial score (nSPS) is 24.1. The number of nitrogens with zero attached hydrogens (tertiary/aromatic N) is 1. The molecule has 2 heterocycles. The van der Waals surface area contributed by atoms with Gasteiger partial charge in [0.1, 0.15) is 0 Å². The summed E-state index contributed by atoms with van der Waals surface area (Å²) in [6.45, 7) is 4.60. The number of aliphatic carboxylic acids is 1. The molecule has 228 valence electrons. The maximum atomic E-state index is 12.0. The molecule has 4 N–H and O–H groups in total. The van der Waals surface area contributed by atoms with Gasteiger partial charge in [-0.15, -0.1) is 0 Å². The summed E-state index contributed by atoms with van der Waals surface area (Å²) in [6.07, 6.45) is -0.739. The van der Waals surface area contributed by atoms with E-state index in [0.29, 0.717) is 19.6 Å². The fraction of sp³-hybridized carbons (Fsp3) is 0.412. The van der Waals surface area contributed by atoms with Crippen LogP contribution >= 0.6 is 0 Å². The standard InChI is InChI=1S/C34H40N2O7/c1-22-30(20-36-15-14-29(38)19-36)42-34(43-33(22)25-10-8-23(21-37)9-11-25)28-7-3-6-27(17-28)26-5-2-4-24(16-26)18-35-31(39)12-13-32(40)41/h2-11,16-17,22,29-30,33-34,37-38H,12-15,18-21H2,1H3,(H,35,39)(H,40,41)/t22-,29+,30+,33+,34+/m1/s1. The van der Waals surface area contributed by atoms with E-state index < -0.39 is 12.3 Å². The van der Waals surface area contributed by atoms with Gasteiger partial charge in [-0.2, -0.15) is 0 Å². The third-order valence-electron chi connectivity index (χ3n) is 8.28. The number of carboxylic acid groups (broad SMARTS) is 1. The molecule has 5 rings (SSSR count). The molecule has 3 aromatic rings. The summed E-state index contributed by atoms with van der Waals surface area (Å²) in [5, 5.41) is 31.2. The number of aliphatic hydroxyl groups is 2. The zero-order chi connectivity index (χ0) is 30.3. The molecule has 0 radical (unpaired) electrons. The summed E-state index contributed by atoms with van der Waals surface area (Å²) in [7, 11) is 0. The van der Waals surface area contributed by atoms with Crippen molar-refractivity contribution in [2.45, 2.75) is 63.9 Å². The van der Waals surface area contributed by atoms with Crippen LogP contribution in [-0.2, 0) is 32.2 Å². The molecule has 5 atom stereocenters. The molecule has 43 heavy (non-hydrogen) atoms. The quantitative estimate of drug-likeness (QED) is 0.263. The van der Waals surface area contributed by atoms with Crippen molar-refractivity contribution in [2.75, 3.05) is 19.6 Å². The lowest BCUT2D eigenvalue weighted by molar-refractivity contribution is -0.276. The fourth-order valence-electron chi connectivity index (χ4n) is 5.80. The van der Waals surface area contributed by atoms with Crippen LogP contribution in [0.15, 0.2) is 72.8 Å². The highest BCUT2D eigenvalue weighted by molar-refractivity contribution is 5.80. The Morgan fingerprint density at radius 3 is 2.37 bits per heavy atom. The number of aliphatic hydroxyl groups excluding tert-OH is 2. The van der Waals surface area contributed by atoms with E-state index in [1.54, 1.807) is 0 Å². The Hall–Kier alpha value is -3.60. The van der Waals surface area contributed by atoms with E-state index in [1.165, 1.54) is 0 Å². The highest BCUT2D eigenvalue weighted by Gasteiger charge is 2.40. The molecule has 2 aliphatic heterocycles. The Morgan fingerprint density at radius 1 is 0.930 bits per heavy atom. The molecule has 0 unspecified atom stereocenters. The van der Waals surface area contributed by atoms with Gasteiger partial charge in [-0.1, -0.05) is 67.6 Å². The van der Waals surface area contributed by atoms with Crippen LogP contribution in [0.25, 0.3) is 11.1 Å². The lowest BCUT2D eigenvalue weighted by Crippen LogP contribution is -2.44. The van der Waals surface area contributed by atoms with Gasteiger partial charge in [0, 0.05) is 44.1 Å². The maximum absolute atomic E-state index is 12.0. The first-order valence-corrected chi connectivity index (χ1v) is 14.9. The Kier molecular flexibility index (Phi) is 10.2. The highest BCUT2D eigenvalue weighted by Crippen LogP contribution is 2.42. The summed E-state index contributed by atoms with van der Waals surface area (Å²) in [5.41, 5.74) is 5.62. The van der Waals surface area contributed by atoms with E-state index in [1.807, 2.05) is 66.7 Å². The number of hydrogen-bond donors (Lipinski definition) is 4. The zero-order valence-electron chi connectivity index (χ0n) is 24.4. The second-order valence-electron chi connectivity index (χ2n) is 11.5. The molecular weight excluding hydrogens is 548 g/mol. The molecule has 0 bridgehead atoms. The number of ether oxygens (including phenoxy) is 2. The van der Waals surface area contributed by atoms with Crippen LogP contribution in [0.3, 0.4) is 0 Å². The topological polar surface area (TPSA) is 129 Å². The number of likely N-dealkylation sites (tertiary alicyclic amines) is 1. The van der Waals surface area contributed by atoms with Gasteiger partial charge < -0.3 is 30.1 Å². The average Bonchev–Trinajstić information content (AvgIpc) is 3.44. The van der Waals surface area contributed by atoms with Gasteiger partial charge in [0.05, 0.1) is 31.3 Å². The Balaban J connectivity index is 1.35. The van der Waals surface area contributed by atoms with Gasteiger partial charge in [0.25, 0.3) is 0 Å². The smallest absolute Gasteiger partial charge is 0.303 e. The summed E-state index contributed by atoms with van der Waals surface area (Å²) < 4.78 is 13.3. The first-order chi connectivity index (χ1) is 20.8. The largest absolute Gasteiger partial charge is 0.481 e. The van der Waals surface area contributed by atoms with Crippen molar-refractivity contribution in [3.8, 4) is 11.1 Å². The minimum absolute atomic E-state index is 0.0158. The number of β-amino-alcohol motifs (C(OH)–C–C–N with tert-alkyl or cyclic N) is 1. The number of amides is 1. The van der Waals surface area contributed by atoms with E-state index in [-0.39, 0.29) is 49.6 Å². The average molecular weight is 589 g/mol. The van der Waals surface area contributed by atoms with Crippen molar-refractivity contribution in [3.05, 3.63) is 95.1 Å². The Morgan fingerprint density at radius 2 is 1.67 bits per heavy atom. The van der Waals surface area contributed by atoms with Gasteiger partial charge >= 0.3 is 5.97 Å². The van der Waals surface area contributed by atoms with Crippen LogP contribution in [-0.4, -0.2) is 63.9 Å². The van der Waals surface area contributed by atoms with Crippen molar-refractivity contribution in [1.29, 1.82) is 0 Å². The van der Waals surface area contributed by atoms with Gasteiger partial charge in [0.2, 0.25) is 5.91 Å². The molecule has 0 spiro atoms. The lowest BCUT2D eigenvalue weighted by Gasteiger charge is -2.42. The van der Waals surface area contributed by atoms with Crippen molar-refractivity contribution < 1.29 is 34.4 Å². The number of benzene rings is 3. The third-order valence-corrected chi connectivity index (χ3v) is 8.28. The SMILES string of the molecule is C[C@@H]1[C@H](CN2CC[C@H](O)C2)O[C@H](c2cccc(-c3cccc(CNC(=O)CCC(=O)O)c3)c2)O[C@@H]1c1ccc(CO)cc1. The Bertz CT molecular complexity index is 1400. The van der Waals surface area contributed by atoms with Crippen LogP contribution in [0, 0.1) is 5.92 Å². The number of carbonyl (C=O) groups is 2. The molecule has 1 amide bonds. The zero-order valence-corrected chi connectivity index (χ0v) is 24.4. The van der Waals surface area contributed by atoms with E-state index in [2.05, 4.69) is 23.2 Å². The monoisotopic (exact) mass is 588 g/mol. The molecule has 0 aliphatic carbocycles. The van der Waals surface area contributed by atoms with Gasteiger partial charge in [0.15, 0.2) is 6.29 Å². The molecule has 2 fully saturated rings. The summed E-state index contributed by atoms with van der Waals surface area (Å²) >= 11 is 0. The number of carbonyl (C=O) groups excluding carboxylic acids is 1. The highest BCUT2D eigenvalue weighted by atomic mass is 16.7. The molecule has 0 aromatic heterocycles. The molecule has 2 saturated heterocycles. The fourth-order valence-corrected chi connectivity index (χ4v) is 5.80. The molecule has 2 aliphatic rings.